The van der Waals surface area contributed by atoms with E-state index in [9.17, 15) is 24.0 Å². The summed E-state index contributed by atoms with van der Waals surface area (Å²) in [7, 11) is 0. The number of anilines is 2. The Kier molecular flexibility index (Phi) is 9.52. The number of hydrogen-bond donors (Lipinski definition) is 2. The van der Waals surface area contributed by atoms with Gasteiger partial charge in [0.15, 0.2) is 18.1 Å². The second-order valence-electron chi connectivity index (χ2n) is 10.5. The first-order chi connectivity index (χ1) is 22.7. The lowest BCUT2D eigenvalue weighted by Crippen LogP contribution is -2.32. The number of ether oxygens (including phenoxy) is 3. The number of thiazole rings is 1. The number of thioether (sulfide) groups is 1. The van der Waals surface area contributed by atoms with E-state index in [-0.39, 0.29) is 29.9 Å². The summed E-state index contributed by atoms with van der Waals surface area (Å²) >= 11 is 5.61. The van der Waals surface area contributed by atoms with Crippen molar-refractivity contribution in [2.24, 2.45) is 5.92 Å². The molecule has 0 spiro atoms. The Balaban J connectivity index is 1.24. The highest BCUT2D eigenvalue weighted by Gasteiger charge is 2.56. The van der Waals surface area contributed by atoms with Crippen molar-refractivity contribution in [1.29, 1.82) is 0 Å². The average molecular weight is 739 g/mol. The maximum Gasteiger partial charge on any atom is 0.338 e. The highest BCUT2D eigenvalue weighted by Crippen LogP contribution is 2.53. The molecule has 2 N–H and O–H groups in total. The van der Waals surface area contributed by atoms with Crippen molar-refractivity contribution in [2.75, 3.05) is 30.0 Å². The van der Waals surface area contributed by atoms with Gasteiger partial charge in [0, 0.05) is 21.0 Å². The van der Waals surface area contributed by atoms with Crippen LogP contribution in [-0.2, 0) is 19.1 Å². The fourth-order valence-electron chi connectivity index (χ4n) is 5.57. The van der Waals surface area contributed by atoms with E-state index in [0.29, 0.717) is 50.5 Å². The lowest BCUT2D eigenvalue weighted by atomic mass is 9.83. The molecule has 1 fully saturated rings. The molecule has 0 radical (unpaired) electrons. The fourth-order valence-corrected chi connectivity index (χ4v) is 8.35. The van der Waals surface area contributed by atoms with Crippen molar-refractivity contribution < 1.29 is 33.4 Å². The second kappa shape index (κ2) is 13.8. The van der Waals surface area contributed by atoms with Crippen LogP contribution in [0.15, 0.2) is 81.0 Å². The highest BCUT2D eigenvalue weighted by atomic mass is 79.9. The fraction of sp³-hybridized carbons (Fsp3) is 0.242. The van der Waals surface area contributed by atoms with Crippen molar-refractivity contribution in [2.45, 2.75) is 30.0 Å². The molecule has 3 amide bonds. The highest BCUT2D eigenvalue weighted by molar-refractivity contribution is 9.10. The van der Waals surface area contributed by atoms with Gasteiger partial charge in [0.05, 0.1) is 35.4 Å². The molecule has 0 saturated carbocycles. The van der Waals surface area contributed by atoms with Gasteiger partial charge in [0.2, 0.25) is 11.8 Å². The number of aromatic amines is 1. The molecule has 2 unspecified atom stereocenters. The normalized spacial score (nSPS) is 18.4. The number of carbonyl (C=O) groups is 4. The van der Waals surface area contributed by atoms with Gasteiger partial charge < -0.3 is 24.5 Å². The number of carbonyl (C=O) groups excluding carboxylic acids is 4. The van der Waals surface area contributed by atoms with Crippen LogP contribution in [0.1, 0.15) is 40.6 Å². The minimum Gasteiger partial charge on any atom is -0.490 e. The maximum atomic E-state index is 14.0. The molecule has 4 aromatic rings. The lowest BCUT2D eigenvalue weighted by Gasteiger charge is -2.30. The zero-order chi connectivity index (χ0) is 33.2. The zero-order valence-corrected chi connectivity index (χ0v) is 28.3. The van der Waals surface area contributed by atoms with Gasteiger partial charge >= 0.3 is 10.8 Å². The number of aromatic nitrogens is 1. The van der Waals surface area contributed by atoms with Crippen LogP contribution in [0, 0.1) is 5.92 Å². The van der Waals surface area contributed by atoms with Crippen LogP contribution in [0.5, 0.6) is 11.5 Å². The third kappa shape index (κ3) is 6.58. The van der Waals surface area contributed by atoms with Crippen molar-refractivity contribution in [3.8, 4) is 11.5 Å². The van der Waals surface area contributed by atoms with E-state index < -0.39 is 29.0 Å². The number of nitrogens with zero attached hydrogens (tertiary/aromatic N) is 1. The van der Waals surface area contributed by atoms with E-state index in [2.05, 4.69) is 26.2 Å². The van der Waals surface area contributed by atoms with E-state index in [4.69, 9.17) is 14.2 Å². The van der Waals surface area contributed by atoms with Gasteiger partial charge in [-0.3, -0.25) is 19.2 Å². The van der Waals surface area contributed by atoms with E-state index >= 15 is 0 Å². The number of benzene rings is 3. The molecule has 242 valence electrons. The molecule has 2 aliphatic rings. The van der Waals surface area contributed by atoms with Crippen LogP contribution in [0.25, 0.3) is 0 Å². The number of imide groups is 1. The van der Waals surface area contributed by atoms with Crippen molar-refractivity contribution in [1.82, 2.24) is 4.98 Å². The average Bonchev–Trinajstić information content (AvgIpc) is 3.55. The van der Waals surface area contributed by atoms with Gasteiger partial charge in [-0.2, -0.15) is 0 Å². The molecular weight excluding hydrogens is 710 g/mol. The molecule has 1 saturated heterocycles. The molecule has 11 nitrogen and oxygen atoms in total. The Labute approximate surface area is 285 Å². The molecule has 1 aromatic heterocycles. The van der Waals surface area contributed by atoms with Crippen LogP contribution in [-0.4, -0.2) is 53.7 Å². The molecule has 0 aliphatic carbocycles. The summed E-state index contributed by atoms with van der Waals surface area (Å²) in [5.74, 6) is -2.30. The zero-order valence-electron chi connectivity index (χ0n) is 25.1. The SMILES string of the molecule is CCOC(=O)c1ccc(NC(=O)COc2ccc([C@H]3c4sc(=O)[nH]c4SC4C(=O)N(c5ccc(Br)cc5)C(=O)C43)cc2OCC)cc1. The minimum atomic E-state index is -0.766. The Bertz CT molecular complexity index is 1910. The van der Waals surface area contributed by atoms with Crippen molar-refractivity contribution in [3.63, 3.8) is 0 Å². The Morgan fingerprint density at radius 1 is 0.915 bits per heavy atom. The summed E-state index contributed by atoms with van der Waals surface area (Å²) in [4.78, 5) is 69.2. The van der Waals surface area contributed by atoms with Crippen LogP contribution < -0.4 is 24.6 Å². The summed E-state index contributed by atoms with van der Waals surface area (Å²) in [6.45, 7) is 3.76. The first-order valence-corrected chi connectivity index (χ1v) is 17.2. The second-order valence-corrected chi connectivity index (χ2v) is 13.6. The predicted molar refractivity (Wildman–Crippen MR) is 181 cm³/mol. The smallest absolute Gasteiger partial charge is 0.338 e. The Morgan fingerprint density at radius 2 is 1.66 bits per heavy atom. The maximum absolute atomic E-state index is 14.0. The molecule has 2 aliphatic heterocycles. The largest absolute Gasteiger partial charge is 0.490 e. The molecule has 47 heavy (non-hydrogen) atoms. The number of halogens is 1. The van der Waals surface area contributed by atoms with Gasteiger partial charge in [-0.05, 0) is 80.1 Å². The monoisotopic (exact) mass is 737 g/mol. The van der Waals surface area contributed by atoms with E-state index in [1.54, 1.807) is 73.7 Å². The van der Waals surface area contributed by atoms with Crippen LogP contribution >= 0.6 is 39.0 Å². The lowest BCUT2D eigenvalue weighted by molar-refractivity contribution is -0.122. The molecule has 6 rings (SSSR count). The minimum absolute atomic E-state index is 0.262. The van der Waals surface area contributed by atoms with Crippen molar-refractivity contribution >= 4 is 74.1 Å². The number of nitrogens with one attached hydrogen (secondary N) is 2. The summed E-state index contributed by atoms with van der Waals surface area (Å²) in [5.41, 5.74) is 1.98. The molecule has 3 atom stereocenters. The quantitative estimate of drug-likeness (QED) is 0.157. The predicted octanol–water partition coefficient (Wildman–Crippen LogP) is 5.59. The topological polar surface area (TPSA) is 144 Å². The van der Waals surface area contributed by atoms with Crippen LogP contribution in [0.4, 0.5) is 11.4 Å². The number of amides is 3. The molecule has 14 heteroatoms. The number of fused-ring (bicyclic) bond motifs is 2. The number of esters is 1. The van der Waals surface area contributed by atoms with Crippen LogP contribution in [0.2, 0.25) is 0 Å². The van der Waals surface area contributed by atoms with Crippen LogP contribution in [0.3, 0.4) is 0 Å². The van der Waals surface area contributed by atoms with Gasteiger partial charge in [-0.15, -0.1) is 0 Å². The van der Waals surface area contributed by atoms with E-state index in [1.165, 1.54) is 16.7 Å². The third-order valence-corrected chi connectivity index (χ3v) is 10.5. The number of hydrogen-bond acceptors (Lipinski definition) is 10. The molecule has 0 bridgehead atoms. The Hall–Kier alpha value is -4.40. The van der Waals surface area contributed by atoms with Gasteiger partial charge in [-0.25, -0.2) is 9.69 Å². The van der Waals surface area contributed by atoms with E-state index in [1.807, 2.05) is 6.92 Å². The van der Waals surface area contributed by atoms with Gasteiger partial charge in [-0.1, -0.05) is 45.1 Å². The van der Waals surface area contributed by atoms with Gasteiger partial charge in [0.25, 0.3) is 5.91 Å². The first kappa shape index (κ1) is 32.5. The summed E-state index contributed by atoms with van der Waals surface area (Å²) in [6, 6.07) is 18.4. The van der Waals surface area contributed by atoms with Gasteiger partial charge in [0.1, 0.15) is 5.25 Å². The summed E-state index contributed by atoms with van der Waals surface area (Å²) in [5, 5.41) is 2.55. The number of rotatable bonds is 10. The molecule has 3 heterocycles. The standard InChI is InChI=1S/C33H28BrN3O8S2/c1-3-43-23-15-18(7-14-22(23)45-16-24(38)35-20-10-5-17(6-11-20)32(41)44-4-2)25-26-28(46-29-27(25)47-33(42)36-29)31(40)37(30(26)39)21-12-8-19(34)9-13-21/h5-15,25-26,28H,3-4,16H2,1-2H3,(H,35,38)(H,36,42)/t25-,26?,28?/m1/s1. The summed E-state index contributed by atoms with van der Waals surface area (Å²) < 4.78 is 17.5. The first-order valence-electron chi connectivity index (χ1n) is 14.7. The number of H-pyrrole nitrogens is 1. The van der Waals surface area contributed by atoms with Crippen molar-refractivity contribution in [3.05, 3.63) is 96.9 Å². The van der Waals surface area contributed by atoms with E-state index in [0.717, 1.165) is 15.8 Å². The molecule has 3 aromatic carbocycles. The third-order valence-electron chi connectivity index (χ3n) is 7.57. The Morgan fingerprint density at radius 3 is 2.36 bits per heavy atom. The summed E-state index contributed by atoms with van der Waals surface area (Å²) in [6.07, 6.45) is 0. The molecular formula is C33H28BrN3O8S2.